The molecule has 2 aromatic rings. The smallest absolute Gasteiger partial charge is 0.207 e. The van der Waals surface area contributed by atoms with Crippen molar-refractivity contribution in [3.8, 4) is 11.8 Å². The van der Waals surface area contributed by atoms with Gasteiger partial charge in [0, 0.05) is 5.56 Å². The Labute approximate surface area is 121 Å². The van der Waals surface area contributed by atoms with Crippen molar-refractivity contribution in [2.45, 2.75) is 4.90 Å². The molecule has 0 aliphatic heterocycles. The van der Waals surface area contributed by atoms with Crippen molar-refractivity contribution in [3.63, 3.8) is 0 Å². The molecule has 0 aromatic heterocycles. The maximum atomic E-state index is 12.7. The third-order valence-electron chi connectivity index (χ3n) is 2.55. The van der Waals surface area contributed by atoms with Crippen LogP contribution in [0.2, 0.25) is 0 Å². The van der Waals surface area contributed by atoms with Crippen molar-refractivity contribution in [3.05, 3.63) is 65.7 Å². The highest BCUT2D eigenvalue weighted by Crippen LogP contribution is 2.09. The number of hydrogen-bond acceptors (Lipinski definition) is 2. The lowest BCUT2D eigenvalue weighted by Gasteiger charge is -2.03. The van der Waals surface area contributed by atoms with Gasteiger partial charge in [-0.1, -0.05) is 11.8 Å². The maximum absolute atomic E-state index is 12.7. The van der Waals surface area contributed by atoms with Crippen molar-refractivity contribution >= 4 is 10.0 Å². The van der Waals surface area contributed by atoms with Crippen molar-refractivity contribution in [1.29, 1.82) is 0 Å². The first-order chi connectivity index (χ1) is 9.97. The highest BCUT2D eigenvalue weighted by molar-refractivity contribution is 7.89. The standard InChI is InChI=1S/C15H11F2NO2S/c16-13-5-3-12(4-6-13)2-1-11-18-21(19,20)15-9-7-14(17)8-10-15/h3-10,18H,11H2. The third kappa shape index (κ3) is 4.38. The summed E-state index contributed by atoms with van der Waals surface area (Å²) < 4.78 is 51.4. The molecule has 0 aliphatic carbocycles. The van der Waals surface area contributed by atoms with Crippen LogP contribution in [0.25, 0.3) is 0 Å². The summed E-state index contributed by atoms with van der Waals surface area (Å²) >= 11 is 0. The summed E-state index contributed by atoms with van der Waals surface area (Å²) in [6.45, 7) is -0.100. The van der Waals surface area contributed by atoms with E-state index in [-0.39, 0.29) is 17.3 Å². The SMILES string of the molecule is O=S(=O)(NCC#Cc1ccc(F)cc1)c1ccc(F)cc1. The molecule has 0 atom stereocenters. The summed E-state index contributed by atoms with van der Waals surface area (Å²) in [5.41, 5.74) is 0.581. The van der Waals surface area contributed by atoms with E-state index in [1.165, 1.54) is 36.4 Å². The molecule has 108 valence electrons. The van der Waals surface area contributed by atoms with Crippen LogP contribution in [0.1, 0.15) is 5.56 Å². The molecule has 0 unspecified atom stereocenters. The Bertz CT molecular complexity index is 773. The third-order valence-corrected chi connectivity index (χ3v) is 3.97. The van der Waals surface area contributed by atoms with E-state index in [0.717, 1.165) is 12.1 Å². The molecular formula is C15H11F2NO2S. The quantitative estimate of drug-likeness (QED) is 0.885. The lowest BCUT2D eigenvalue weighted by Crippen LogP contribution is -2.23. The number of nitrogens with one attached hydrogen (secondary N) is 1. The fourth-order valence-electron chi connectivity index (χ4n) is 1.51. The van der Waals surface area contributed by atoms with Crippen LogP contribution in [0.5, 0.6) is 0 Å². The number of halogens is 2. The molecule has 0 bridgehead atoms. The van der Waals surface area contributed by atoms with E-state index < -0.39 is 15.8 Å². The average Bonchev–Trinajstić information content (AvgIpc) is 2.46. The van der Waals surface area contributed by atoms with Gasteiger partial charge in [0.05, 0.1) is 11.4 Å². The summed E-state index contributed by atoms with van der Waals surface area (Å²) in [7, 11) is -3.72. The van der Waals surface area contributed by atoms with Crippen LogP contribution >= 0.6 is 0 Å². The van der Waals surface area contributed by atoms with Crippen LogP contribution in [0.4, 0.5) is 8.78 Å². The first-order valence-corrected chi connectivity index (χ1v) is 7.45. The second-order valence-electron chi connectivity index (χ2n) is 4.09. The van der Waals surface area contributed by atoms with Gasteiger partial charge in [0.1, 0.15) is 11.6 Å². The van der Waals surface area contributed by atoms with Gasteiger partial charge in [-0.15, -0.1) is 0 Å². The molecular weight excluding hydrogens is 296 g/mol. The van der Waals surface area contributed by atoms with Crippen LogP contribution in [0.15, 0.2) is 53.4 Å². The molecule has 3 nitrogen and oxygen atoms in total. The zero-order valence-corrected chi connectivity index (χ0v) is 11.6. The molecule has 2 rings (SSSR count). The van der Waals surface area contributed by atoms with Crippen LogP contribution in [0, 0.1) is 23.5 Å². The summed E-state index contributed by atoms with van der Waals surface area (Å²) in [5.74, 6) is 4.45. The molecule has 2 aromatic carbocycles. The molecule has 0 amide bonds. The Morgan fingerprint density at radius 2 is 1.43 bits per heavy atom. The molecule has 0 radical (unpaired) electrons. The van der Waals surface area contributed by atoms with Gasteiger partial charge in [-0.3, -0.25) is 0 Å². The van der Waals surface area contributed by atoms with E-state index in [1.54, 1.807) is 0 Å². The van der Waals surface area contributed by atoms with E-state index in [1.807, 2.05) is 0 Å². The van der Waals surface area contributed by atoms with E-state index in [9.17, 15) is 17.2 Å². The minimum atomic E-state index is -3.72. The fourth-order valence-corrected chi connectivity index (χ4v) is 2.43. The summed E-state index contributed by atoms with van der Waals surface area (Å²) in [6.07, 6.45) is 0. The lowest BCUT2D eigenvalue weighted by molar-refractivity contribution is 0.585. The summed E-state index contributed by atoms with van der Waals surface area (Å²) in [5, 5.41) is 0. The largest absolute Gasteiger partial charge is 0.241 e. The van der Waals surface area contributed by atoms with Crippen LogP contribution in [-0.2, 0) is 10.0 Å². The first kappa shape index (κ1) is 15.2. The maximum Gasteiger partial charge on any atom is 0.241 e. The van der Waals surface area contributed by atoms with Gasteiger partial charge in [0.15, 0.2) is 0 Å². The van der Waals surface area contributed by atoms with Gasteiger partial charge in [-0.2, -0.15) is 4.72 Å². The zero-order valence-electron chi connectivity index (χ0n) is 10.8. The van der Waals surface area contributed by atoms with Gasteiger partial charge >= 0.3 is 0 Å². The second kappa shape index (κ2) is 6.48. The average molecular weight is 307 g/mol. The topological polar surface area (TPSA) is 46.2 Å². The first-order valence-electron chi connectivity index (χ1n) is 5.97. The molecule has 0 heterocycles. The van der Waals surface area contributed by atoms with Crippen molar-refractivity contribution in [2.75, 3.05) is 6.54 Å². The number of rotatable bonds is 3. The molecule has 0 aliphatic rings. The summed E-state index contributed by atoms with van der Waals surface area (Å²) in [6, 6.07) is 10.0. The highest BCUT2D eigenvalue weighted by atomic mass is 32.2. The van der Waals surface area contributed by atoms with Gasteiger partial charge in [-0.05, 0) is 48.5 Å². The molecule has 21 heavy (non-hydrogen) atoms. The van der Waals surface area contributed by atoms with Crippen LogP contribution < -0.4 is 4.72 Å². The number of hydrogen-bond donors (Lipinski definition) is 1. The van der Waals surface area contributed by atoms with Crippen molar-refractivity contribution in [1.82, 2.24) is 4.72 Å². The normalized spacial score (nSPS) is 10.8. The number of sulfonamides is 1. The predicted octanol–water partition coefficient (Wildman–Crippen LogP) is 2.29. The van der Waals surface area contributed by atoms with E-state index >= 15 is 0 Å². The Morgan fingerprint density at radius 3 is 2.00 bits per heavy atom. The Kier molecular flexibility index (Phi) is 4.68. The van der Waals surface area contributed by atoms with Gasteiger partial charge in [0.2, 0.25) is 10.0 Å². The minimum Gasteiger partial charge on any atom is -0.207 e. The zero-order chi connectivity index (χ0) is 15.3. The molecule has 1 N–H and O–H groups in total. The highest BCUT2D eigenvalue weighted by Gasteiger charge is 2.12. The monoisotopic (exact) mass is 307 g/mol. The van der Waals surface area contributed by atoms with E-state index in [2.05, 4.69) is 16.6 Å². The minimum absolute atomic E-state index is 0.0347. The van der Waals surface area contributed by atoms with E-state index in [0.29, 0.717) is 5.56 Å². The molecule has 0 spiro atoms. The van der Waals surface area contributed by atoms with Gasteiger partial charge in [-0.25, -0.2) is 17.2 Å². The molecule has 0 fully saturated rings. The van der Waals surface area contributed by atoms with Crippen LogP contribution in [0.3, 0.4) is 0 Å². The van der Waals surface area contributed by atoms with Gasteiger partial charge < -0.3 is 0 Å². The summed E-state index contributed by atoms with van der Waals surface area (Å²) in [4.78, 5) is -0.0347. The fraction of sp³-hybridized carbons (Fsp3) is 0.0667. The van der Waals surface area contributed by atoms with Crippen molar-refractivity contribution < 1.29 is 17.2 Å². The Balaban J connectivity index is 2.00. The molecule has 0 saturated carbocycles. The second-order valence-corrected chi connectivity index (χ2v) is 5.85. The Morgan fingerprint density at radius 1 is 0.905 bits per heavy atom. The molecule has 6 heteroatoms. The number of benzene rings is 2. The van der Waals surface area contributed by atoms with Gasteiger partial charge in [0.25, 0.3) is 0 Å². The predicted molar refractivity (Wildman–Crippen MR) is 74.9 cm³/mol. The van der Waals surface area contributed by atoms with E-state index in [4.69, 9.17) is 0 Å². The lowest BCUT2D eigenvalue weighted by atomic mass is 10.2. The van der Waals surface area contributed by atoms with Crippen molar-refractivity contribution in [2.24, 2.45) is 0 Å². The Hall–Kier alpha value is -2.23. The van der Waals surface area contributed by atoms with Crippen LogP contribution in [-0.4, -0.2) is 15.0 Å². The molecule has 0 saturated heterocycles.